The van der Waals surface area contributed by atoms with Gasteiger partial charge in [-0.15, -0.1) is 0 Å². The second kappa shape index (κ2) is 5.31. The van der Waals surface area contributed by atoms with Gasteiger partial charge in [0.05, 0.1) is 6.07 Å². The lowest BCUT2D eigenvalue weighted by Gasteiger charge is -2.39. The van der Waals surface area contributed by atoms with E-state index < -0.39 is 0 Å². The number of nitriles is 1. The van der Waals surface area contributed by atoms with Crippen LogP contribution in [-0.2, 0) is 4.79 Å². The van der Waals surface area contributed by atoms with Crippen LogP contribution < -0.4 is 5.32 Å². The van der Waals surface area contributed by atoms with E-state index in [0.29, 0.717) is 6.54 Å². The topological polar surface area (TPSA) is 56.1 Å². The minimum atomic E-state index is -0.358. The average molecular weight is 223 g/mol. The Morgan fingerprint density at radius 1 is 1.50 bits per heavy atom. The Bertz CT molecular complexity index is 285. The molecule has 0 aliphatic heterocycles. The Kier molecular flexibility index (Phi) is 4.31. The van der Waals surface area contributed by atoms with E-state index in [4.69, 9.17) is 0 Å². The Balaban J connectivity index is 2.57. The molecule has 90 valence electrons. The molecule has 0 aromatic rings. The molecular weight excluding hydrogens is 202 g/mol. The van der Waals surface area contributed by atoms with Gasteiger partial charge in [-0.05, 0) is 46.7 Å². The van der Waals surface area contributed by atoms with Gasteiger partial charge in [-0.25, -0.2) is 0 Å². The first-order chi connectivity index (χ1) is 7.55. The molecule has 16 heavy (non-hydrogen) atoms. The predicted molar refractivity (Wildman–Crippen MR) is 62.7 cm³/mol. The molecule has 0 heterocycles. The number of nitrogens with one attached hydrogen (secondary N) is 1. The maximum atomic E-state index is 11.7. The fraction of sp³-hybridized carbons (Fsp3) is 0.833. The van der Waals surface area contributed by atoms with Gasteiger partial charge in [0, 0.05) is 12.5 Å². The molecule has 1 N–H and O–H groups in total. The highest BCUT2D eigenvalue weighted by atomic mass is 16.1. The fourth-order valence-electron chi connectivity index (χ4n) is 2.34. The van der Waals surface area contributed by atoms with Crippen molar-refractivity contribution in [2.75, 3.05) is 20.6 Å². The summed E-state index contributed by atoms with van der Waals surface area (Å²) >= 11 is 0. The van der Waals surface area contributed by atoms with Crippen molar-refractivity contribution in [2.24, 2.45) is 5.92 Å². The van der Waals surface area contributed by atoms with E-state index in [1.54, 1.807) is 0 Å². The maximum Gasteiger partial charge on any atom is 0.223 e. The van der Waals surface area contributed by atoms with Crippen LogP contribution >= 0.6 is 0 Å². The van der Waals surface area contributed by atoms with E-state index in [1.165, 1.54) is 0 Å². The minimum Gasteiger partial charge on any atom is -0.356 e. The molecule has 0 atom stereocenters. The number of nitrogens with zero attached hydrogens (tertiary/aromatic N) is 2. The lowest BCUT2D eigenvalue weighted by atomic mass is 9.76. The first-order valence-corrected chi connectivity index (χ1v) is 5.92. The second-order valence-electron chi connectivity index (χ2n) is 4.71. The van der Waals surface area contributed by atoms with Gasteiger partial charge in [0.2, 0.25) is 5.91 Å². The summed E-state index contributed by atoms with van der Waals surface area (Å²) in [5.41, 5.74) is -0.358. The van der Waals surface area contributed by atoms with Crippen LogP contribution in [0.3, 0.4) is 0 Å². The highest BCUT2D eigenvalue weighted by Gasteiger charge is 2.39. The molecule has 0 radical (unpaired) electrons. The van der Waals surface area contributed by atoms with E-state index in [2.05, 4.69) is 11.4 Å². The molecular formula is C12H21N3O. The van der Waals surface area contributed by atoms with E-state index in [1.807, 2.05) is 25.9 Å². The molecule has 1 aliphatic rings. The van der Waals surface area contributed by atoms with Crippen LogP contribution in [0.1, 0.15) is 32.6 Å². The molecule has 0 aromatic heterocycles. The number of hydrogen-bond donors (Lipinski definition) is 1. The third-order valence-corrected chi connectivity index (χ3v) is 3.60. The fourth-order valence-corrected chi connectivity index (χ4v) is 2.34. The Morgan fingerprint density at radius 2 is 2.06 bits per heavy atom. The number of amides is 1. The summed E-state index contributed by atoms with van der Waals surface area (Å²) < 4.78 is 0. The number of carbonyl (C=O) groups is 1. The highest BCUT2D eigenvalue weighted by Crippen LogP contribution is 2.34. The normalized spacial score (nSPS) is 29.8. The van der Waals surface area contributed by atoms with Gasteiger partial charge in [0.15, 0.2) is 0 Å². The molecule has 0 spiro atoms. The lowest BCUT2D eigenvalue weighted by molar-refractivity contribution is -0.126. The molecule has 1 rings (SSSR count). The quantitative estimate of drug-likeness (QED) is 0.780. The largest absolute Gasteiger partial charge is 0.356 e. The second-order valence-corrected chi connectivity index (χ2v) is 4.71. The van der Waals surface area contributed by atoms with Crippen molar-refractivity contribution >= 4 is 5.91 Å². The van der Waals surface area contributed by atoms with Crippen molar-refractivity contribution < 1.29 is 4.79 Å². The predicted octanol–water partition coefficient (Wildman–Crippen LogP) is 1.14. The SMILES string of the molecule is CCNC(=O)C1CCC(C#N)(N(C)C)CC1. The van der Waals surface area contributed by atoms with Crippen molar-refractivity contribution in [1.82, 2.24) is 10.2 Å². The molecule has 0 unspecified atom stereocenters. The van der Waals surface area contributed by atoms with E-state index in [9.17, 15) is 10.1 Å². The molecule has 4 heteroatoms. The van der Waals surface area contributed by atoms with Gasteiger partial charge < -0.3 is 5.32 Å². The number of carbonyl (C=O) groups excluding carboxylic acids is 1. The van der Waals surface area contributed by atoms with Crippen LogP contribution in [0.2, 0.25) is 0 Å². The van der Waals surface area contributed by atoms with E-state index in [-0.39, 0.29) is 17.4 Å². The van der Waals surface area contributed by atoms with Crippen LogP contribution in [0, 0.1) is 17.2 Å². The standard InChI is InChI=1S/C12H21N3O/c1-4-14-11(16)10-5-7-12(9-13,8-6-10)15(2)3/h10H,4-8H2,1-3H3,(H,14,16). The third kappa shape index (κ3) is 2.53. The summed E-state index contributed by atoms with van der Waals surface area (Å²) in [7, 11) is 3.88. The van der Waals surface area contributed by atoms with Gasteiger partial charge in [0.25, 0.3) is 0 Å². The van der Waals surface area contributed by atoms with Crippen molar-refractivity contribution in [3.8, 4) is 6.07 Å². The molecule has 1 saturated carbocycles. The highest BCUT2D eigenvalue weighted by molar-refractivity contribution is 5.78. The smallest absolute Gasteiger partial charge is 0.223 e. The molecule has 1 fully saturated rings. The van der Waals surface area contributed by atoms with Crippen LogP contribution in [0.25, 0.3) is 0 Å². The lowest BCUT2D eigenvalue weighted by Crippen LogP contribution is -2.47. The zero-order valence-electron chi connectivity index (χ0n) is 10.4. The third-order valence-electron chi connectivity index (χ3n) is 3.60. The molecule has 0 saturated heterocycles. The van der Waals surface area contributed by atoms with Crippen molar-refractivity contribution in [1.29, 1.82) is 5.26 Å². The van der Waals surface area contributed by atoms with Crippen LogP contribution in [0.15, 0.2) is 0 Å². The summed E-state index contributed by atoms with van der Waals surface area (Å²) in [6, 6.07) is 2.40. The molecule has 0 aromatic carbocycles. The summed E-state index contributed by atoms with van der Waals surface area (Å²) in [5.74, 6) is 0.245. The maximum absolute atomic E-state index is 11.7. The van der Waals surface area contributed by atoms with Gasteiger partial charge in [-0.3, -0.25) is 9.69 Å². The summed E-state index contributed by atoms with van der Waals surface area (Å²) in [5, 5.41) is 12.1. The Hall–Kier alpha value is -1.08. The molecule has 4 nitrogen and oxygen atoms in total. The van der Waals surface area contributed by atoms with Gasteiger partial charge in [0.1, 0.15) is 5.54 Å². The van der Waals surface area contributed by atoms with Crippen molar-refractivity contribution in [3.63, 3.8) is 0 Å². The first kappa shape index (κ1) is 13.0. The molecule has 1 amide bonds. The first-order valence-electron chi connectivity index (χ1n) is 5.92. The van der Waals surface area contributed by atoms with Gasteiger partial charge in [-0.1, -0.05) is 0 Å². The van der Waals surface area contributed by atoms with Crippen molar-refractivity contribution in [3.05, 3.63) is 0 Å². The van der Waals surface area contributed by atoms with E-state index in [0.717, 1.165) is 25.7 Å². The summed E-state index contributed by atoms with van der Waals surface area (Å²) in [6.07, 6.45) is 3.21. The number of hydrogen-bond acceptors (Lipinski definition) is 3. The summed E-state index contributed by atoms with van der Waals surface area (Å²) in [6.45, 7) is 2.62. The number of rotatable bonds is 3. The zero-order chi connectivity index (χ0) is 12.2. The summed E-state index contributed by atoms with van der Waals surface area (Å²) in [4.78, 5) is 13.6. The van der Waals surface area contributed by atoms with Gasteiger partial charge >= 0.3 is 0 Å². The van der Waals surface area contributed by atoms with E-state index >= 15 is 0 Å². The zero-order valence-corrected chi connectivity index (χ0v) is 10.4. The average Bonchev–Trinajstić information content (AvgIpc) is 2.29. The van der Waals surface area contributed by atoms with Crippen LogP contribution in [0.5, 0.6) is 0 Å². The van der Waals surface area contributed by atoms with Crippen LogP contribution in [0.4, 0.5) is 0 Å². The van der Waals surface area contributed by atoms with Crippen molar-refractivity contribution in [2.45, 2.75) is 38.1 Å². The monoisotopic (exact) mass is 223 g/mol. The Morgan fingerprint density at radius 3 is 2.44 bits per heavy atom. The molecule has 1 aliphatic carbocycles. The molecule has 0 bridgehead atoms. The minimum absolute atomic E-state index is 0.0985. The Labute approximate surface area is 97.6 Å². The van der Waals surface area contributed by atoms with Gasteiger partial charge in [-0.2, -0.15) is 5.26 Å². The van der Waals surface area contributed by atoms with Crippen LogP contribution in [-0.4, -0.2) is 37.0 Å².